The molecule has 0 amide bonds. The molecular weight excluding hydrogens is 260 g/mol. The molecule has 0 aliphatic carbocycles. The molecule has 0 fully saturated rings. The Morgan fingerprint density at radius 1 is 1.15 bits per heavy atom. The van der Waals surface area contributed by atoms with E-state index in [0.717, 1.165) is 6.07 Å². The first-order valence-corrected chi connectivity index (χ1v) is 6.08. The molecule has 0 unspecified atom stereocenters. The fraction of sp³-hybridized carbons (Fsp3) is 0.133. The Morgan fingerprint density at radius 3 is 2.55 bits per heavy atom. The van der Waals surface area contributed by atoms with Gasteiger partial charge in [0.05, 0.1) is 0 Å². The van der Waals surface area contributed by atoms with Crippen LogP contribution in [0.3, 0.4) is 0 Å². The number of para-hydroxylation sites is 1. The van der Waals surface area contributed by atoms with Gasteiger partial charge in [0.2, 0.25) is 0 Å². The second-order valence-corrected chi connectivity index (χ2v) is 4.50. The average Bonchev–Trinajstić information content (AvgIpc) is 2.43. The average molecular weight is 275 g/mol. The van der Waals surface area contributed by atoms with Crippen molar-refractivity contribution in [2.75, 3.05) is 11.9 Å². The minimum Gasteiger partial charge on any atom is -0.384 e. The van der Waals surface area contributed by atoms with Gasteiger partial charge in [0.1, 0.15) is 5.84 Å². The van der Waals surface area contributed by atoms with E-state index in [2.05, 4.69) is 0 Å². The van der Waals surface area contributed by atoms with Crippen LogP contribution in [0.5, 0.6) is 0 Å². The molecule has 2 aromatic rings. The van der Waals surface area contributed by atoms with Gasteiger partial charge in [-0.15, -0.1) is 0 Å². The molecule has 3 N–H and O–H groups in total. The second-order valence-electron chi connectivity index (χ2n) is 4.50. The highest BCUT2D eigenvalue weighted by atomic mass is 19.2. The van der Waals surface area contributed by atoms with E-state index in [1.54, 1.807) is 36.2 Å². The van der Waals surface area contributed by atoms with Crippen LogP contribution in [0.2, 0.25) is 0 Å². The maximum atomic E-state index is 13.7. The van der Waals surface area contributed by atoms with Crippen molar-refractivity contribution in [3.8, 4) is 0 Å². The highest BCUT2D eigenvalue weighted by Gasteiger charge is 2.13. The summed E-state index contributed by atoms with van der Waals surface area (Å²) in [5.74, 6) is -1.78. The molecule has 0 aromatic heterocycles. The summed E-state index contributed by atoms with van der Waals surface area (Å²) < 4.78 is 26.9. The van der Waals surface area contributed by atoms with Gasteiger partial charge in [0.15, 0.2) is 11.6 Å². The summed E-state index contributed by atoms with van der Waals surface area (Å²) >= 11 is 0. The van der Waals surface area contributed by atoms with Crippen LogP contribution < -0.4 is 10.6 Å². The molecule has 0 spiro atoms. The molecule has 0 bridgehead atoms. The summed E-state index contributed by atoms with van der Waals surface area (Å²) in [6.45, 7) is 0.188. The molecule has 0 aliphatic rings. The van der Waals surface area contributed by atoms with E-state index in [-0.39, 0.29) is 17.9 Å². The number of nitrogens with two attached hydrogens (primary N) is 1. The van der Waals surface area contributed by atoms with E-state index in [1.807, 2.05) is 0 Å². The Bertz CT molecular complexity index is 641. The molecule has 5 heteroatoms. The fourth-order valence-electron chi connectivity index (χ4n) is 2.05. The van der Waals surface area contributed by atoms with Crippen LogP contribution in [-0.4, -0.2) is 12.9 Å². The van der Waals surface area contributed by atoms with E-state index in [1.165, 1.54) is 12.1 Å². The Kier molecular flexibility index (Phi) is 3.98. The lowest BCUT2D eigenvalue weighted by Gasteiger charge is -2.22. The first kappa shape index (κ1) is 14.0. The summed E-state index contributed by atoms with van der Waals surface area (Å²) in [4.78, 5) is 1.73. The highest BCUT2D eigenvalue weighted by molar-refractivity contribution is 6.00. The Labute approximate surface area is 116 Å². The molecule has 0 aliphatic heterocycles. The smallest absolute Gasteiger partial charge is 0.163 e. The molecule has 0 radical (unpaired) electrons. The van der Waals surface area contributed by atoms with Crippen LogP contribution in [0.4, 0.5) is 14.5 Å². The molecule has 0 saturated heterocycles. The van der Waals surface area contributed by atoms with E-state index in [0.29, 0.717) is 11.3 Å². The van der Waals surface area contributed by atoms with Crippen LogP contribution in [0.1, 0.15) is 11.1 Å². The summed E-state index contributed by atoms with van der Waals surface area (Å²) in [6, 6.07) is 11.2. The highest BCUT2D eigenvalue weighted by Crippen LogP contribution is 2.22. The van der Waals surface area contributed by atoms with Crippen LogP contribution in [-0.2, 0) is 6.54 Å². The number of benzene rings is 2. The zero-order valence-corrected chi connectivity index (χ0v) is 11.0. The summed E-state index contributed by atoms with van der Waals surface area (Å²) in [6.07, 6.45) is 0. The number of hydrogen-bond donors (Lipinski definition) is 2. The van der Waals surface area contributed by atoms with Gasteiger partial charge in [-0.2, -0.15) is 0 Å². The number of hydrogen-bond acceptors (Lipinski definition) is 2. The van der Waals surface area contributed by atoms with Crippen molar-refractivity contribution in [3.63, 3.8) is 0 Å². The van der Waals surface area contributed by atoms with Crippen molar-refractivity contribution in [3.05, 3.63) is 65.2 Å². The molecule has 0 atom stereocenters. The van der Waals surface area contributed by atoms with Crippen molar-refractivity contribution in [2.24, 2.45) is 5.73 Å². The Morgan fingerprint density at radius 2 is 1.85 bits per heavy atom. The van der Waals surface area contributed by atoms with E-state index in [9.17, 15) is 8.78 Å². The van der Waals surface area contributed by atoms with Crippen molar-refractivity contribution in [2.45, 2.75) is 6.54 Å². The number of rotatable bonds is 4. The summed E-state index contributed by atoms with van der Waals surface area (Å²) in [7, 11) is 1.74. The van der Waals surface area contributed by atoms with Crippen molar-refractivity contribution in [1.82, 2.24) is 0 Å². The first-order valence-electron chi connectivity index (χ1n) is 6.08. The lowest BCUT2D eigenvalue weighted by Crippen LogP contribution is -2.22. The van der Waals surface area contributed by atoms with Gasteiger partial charge in [0, 0.05) is 30.4 Å². The summed E-state index contributed by atoms with van der Waals surface area (Å²) in [5, 5.41) is 7.54. The number of anilines is 1. The second kappa shape index (κ2) is 5.69. The van der Waals surface area contributed by atoms with Crippen LogP contribution in [0.15, 0.2) is 42.5 Å². The Balaban J connectivity index is 2.31. The topological polar surface area (TPSA) is 53.1 Å². The third-order valence-electron chi connectivity index (χ3n) is 3.04. The van der Waals surface area contributed by atoms with Gasteiger partial charge in [-0.25, -0.2) is 8.78 Å². The normalized spacial score (nSPS) is 10.3. The third kappa shape index (κ3) is 2.77. The predicted octanol–water partition coefficient (Wildman–Crippen LogP) is 2.89. The van der Waals surface area contributed by atoms with Crippen LogP contribution in [0, 0.1) is 17.0 Å². The molecule has 104 valence electrons. The SMILES string of the molecule is CN(Cc1cccc(F)c1F)c1ccccc1C(=N)N. The zero-order valence-electron chi connectivity index (χ0n) is 11.0. The van der Waals surface area contributed by atoms with Crippen LogP contribution >= 0.6 is 0 Å². The third-order valence-corrected chi connectivity index (χ3v) is 3.04. The molecule has 0 saturated carbocycles. The van der Waals surface area contributed by atoms with Gasteiger partial charge in [0.25, 0.3) is 0 Å². The standard InChI is InChI=1S/C15H15F2N3/c1-20(9-10-5-4-7-12(16)14(10)17)13-8-3-2-6-11(13)15(18)19/h2-8H,9H2,1H3,(H3,18,19). The number of amidine groups is 1. The molecule has 0 heterocycles. The van der Waals surface area contributed by atoms with E-state index in [4.69, 9.17) is 11.1 Å². The minimum absolute atomic E-state index is 0.0628. The largest absolute Gasteiger partial charge is 0.384 e. The number of nitrogens with one attached hydrogen (secondary N) is 1. The fourth-order valence-corrected chi connectivity index (χ4v) is 2.05. The molecule has 3 nitrogen and oxygen atoms in total. The lowest BCUT2D eigenvalue weighted by molar-refractivity contribution is 0.498. The van der Waals surface area contributed by atoms with Crippen molar-refractivity contribution >= 4 is 11.5 Å². The van der Waals surface area contributed by atoms with Gasteiger partial charge >= 0.3 is 0 Å². The van der Waals surface area contributed by atoms with Gasteiger partial charge in [-0.3, -0.25) is 5.41 Å². The number of nitrogens with zero attached hydrogens (tertiary/aromatic N) is 1. The molecule has 20 heavy (non-hydrogen) atoms. The molecule has 2 rings (SSSR count). The number of nitrogen functional groups attached to an aromatic ring is 1. The molecular formula is C15H15F2N3. The van der Waals surface area contributed by atoms with Crippen LogP contribution in [0.25, 0.3) is 0 Å². The van der Waals surface area contributed by atoms with Crippen molar-refractivity contribution in [1.29, 1.82) is 5.41 Å². The maximum absolute atomic E-state index is 13.7. The quantitative estimate of drug-likeness (QED) is 0.666. The van der Waals surface area contributed by atoms with E-state index < -0.39 is 11.6 Å². The lowest BCUT2D eigenvalue weighted by atomic mass is 10.1. The maximum Gasteiger partial charge on any atom is 0.163 e. The summed E-state index contributed by atoms with van der Waals surface area (Å²) in [5.41, 5.74) is 7.04. The van der Waals surface area contributed by atoms with Crippen molar-refractivity contribution < 1.29 is 8.78 Å². The van der Waals surface area contributed by atoms with E-state index >= 15 is 0 Å². The zero-order chi connectivity index (χ0) is 14.7. The van der Waals surface area contributed by atoms with Gasteiger partial charge < -0.3 is 10.6 Å². The number of halogens is 2. The van der Waals surface area contributed by atoms with Gasteiger partial charge in [-0.1, -0.05) is 24.3 Å². The predicted molar refractivity (Wildman–Crippen MR) is 75.9 cm³/mol. The minimum atomic E-state index is -0.865. The monoisotopic (exact) mass is 275 g/mol. The Hall–Kier alpha value is -2.43. The van der Waals surface area contributed by atoms with Gasteiger partial charge in [-0.05, 0) is 18.2 Å². The molecule has 2 aromatic carbocycles. The first-order chi connectivity index (χ1) is 9.50.